The summed E-state index contributed by atoms with van der Waals surface area (Å²) in [5, 5.41) is 13.4. The second kappa shape index (κ2) is 9.48. The number of hydrogen-bond donors (Lipinski definition) is 3. The highest BCUT2D eigenvalue weighted by atomic mass is 16.5. The standard InChI is InChI=1S/C25H21N7O3/c1-35-20-12-11-19-13-22(26-21(19)14-20)25(34)29-28-24(33)18-9-7-16(8-10-18)15-32-30-23(27-31-32)17-5-3-2-4-6-17/h2-14,26H,15H2,1H3,(H,28,33)(H,29,34). The summed E-state index contributed by atoms with van der Waals surface area (Å²) in [6, 6.07) is 23.7. The largest absolute Gasteiger partial charge is 0.497 e. The van der Waals surface area contributed by atoms with Gasteiger partial charge < -0.3 is 9.72 Å². The highest BCUT2D eigenvalue weighted by molar-refractivity contribution is 6.01. The molecular formula is C25H21N7O3. The third-order valence-corrected chi connectivity index (χ3v) is 5.39. The molecule has 3 aromatic carbocycles. The fourth-order valence-electron chi connectivity index (χ4n) is 3.55. The zero-order valence-corrected chi connectivity index (χ0v) is 18.7. The van der Waals surface area contributed by atoms with E-state index in [-0.39, 0.29) is 0 Å². The van der Waals surface area contributed by atoms with Crippen LogP contribution in [-0.2, 0) is 6.54 Å². The van der Waals surface area contributed by atoms with Crippen molar-refractivity contribution in [1.82, 2.24) is 36.0 Å². The smallest absolute Gasteiger partial charge is 0.286 e. The fraction of sp³-hybridized carbons (Fsp3) is 0.0800. The van der Waals surface area contributed by atoms with Crippen molar-refractivity contribution in [2.75, 3.05) is 7.11 Å². The summed E-state index contributed by atoms with van der Waals surface area (Å²) < 4.78 is 5.19. The summed E-state index contributed by atoms with van der Waals surface area (Å²) in [6.07, 6.45) is 0. The Morgan fingerprint density at radius 3 is 2.49 bits per heavy atom. The van der Waals surface area contributed by atoms with Crippen LogP contribution in [0.15, 0.2) is 78.9 Å². The second-order valence-electron chi connectivity index (χ2n) is 7.75. The molecule has 0 spiro atoms. The van der Waals surface area contributed by atoms with Crippen LogP contribution in [0.25, 0.3) is 22.3 Å². The van der Waals surface area contributed by atoms with E-state index in [2.05, 4.69) is 31.2 Å². The van der Waals surface area contributed by atoms with Crippen molar-refractivity contribution in [2.45, 2.75) is 6.54 Å². The number of benzene rings is 3. The zero-order chi connectivity index (χ0) is 24.2. The lowest BCUT2D eigenvalue weighted by atomic mass is 10.1. The quantitative estimate of drug-likeness (QED) is 0.330. The Hall–Kier alpha value is -4.99. The first kappa shape index (κ1) is 21.8. The molecule has 10 heteroatoms. The summed E-state index contributed by atoms with van der Waals surface area (Å²) in [7, 11) is 1.58. The first-order valence-corrected chi connectivity index (χ1v) is 10.8. The number of nitrogens with one attached hydrogen (secondary N) is 3. The molecule has 35 heavy (non-hydrogen) atoms. The van der Waals surface area contributed by atoms with Gasteiger partial charge in [0.15, 0.2) is 0 Å². The van der Waals surface area contributed by atoms with Gasteiger partial charge in [-0.3, -0.25) is 20.4 Å². The van der Waals surface area contributed by atoms with Crippen molar-refractivity contribution in [2.24, 2.45) is 0 Å². The lowest BCUT2D eigenvalue weighted by Gasteiger charge is -2.07. The van der Waals surface area contributed by atoms with Crippen LogP contribution in [0.3, 0.4) is 0 Å². The van der Waals surface area contributed by atoms with Gasteiger partial charge in [0.2, 0.25) is 5.82 Å². The first-order chi connectivity index (χ1) is 17.1. The molecule has 3 N–H and O–H groups in total. The molecule has 2 amide bonds. The van der Waals surface area contributed by atoms with Gasteiger partial charge in [-0.2, -0.15) is 4.80 Å². The third kappa shape index (κ3) is 4.86. The maximum atomic E-state index is 12.5. The number of rotatable bonds is 6. The van der Waals surface area contributed by atoms with Gasteiger partial charge in [-0.05, 0) is 41.1 Å². The van der Waals surface area contributed by atoms with Crippen molar-refractivity contribution in [3.05, 3.63) is 95.7 Å². The van der Waals surface area contributed by atoms with E-state index in [1.165, 1.54) is 4.80 Å². The lowest BCUT2D eigenvalue weighted by Crippen LogP contribution is -2.41. The monoisotopic (exact) mass is 467 g/mol. The molecule has 10 nitrogen and oxygen atoms in total. The Kier molecular flexibility index (Phi) is 5.91. The topological polar surface area (TPSA) is 127 Å². The molecule has 0 unspecified atom stereocenters. The van der Waals surface area contributed by atoms with Crippen LogP contribution in [0.4, 0.5) is 0 Å². The molecule has 0 aliphatic rings. The molecule has 0 aliphatic carbocycles. The predicted octanol–water partition coefficient (Wildman–Crippen LogP) is 2.95. The average molecular weight is 467 g/mol. The summed E-state index contributed by atoms with van der Waals surface area (Å²) >= 11 is 0. The minimum Gasteiger partial charge on any atom is -0.497 e. The van der Waals surface area contributed by atoms with Gasteiger partial charge >= 0.3 is 0 Å². The van der Waals surface area contributed by atoms with Gasteiger partial charge in [-0.15, -0.1) is 10.2 Å². The molecule has 2 heterocycles. The Morgan fingerprint density at radius 2 is 1.71 bits per heavy atom. The number of amides is 2. The summed E-state index contributed by atoms with van der Waals surface area (Å²) in [4.78, 5) is 29.4. The Morgan fingerprint density at radius 1 is 0.943 bits per heavy atom. The number of H-pyrrole nitrogens is 1. The SMILES string of the molecule is COc1ccc2cc(C(=O)NNC(=O)c3ccc(Cn4nnc(-c5ccccc5)n4)cc3)[nH]c2c1. The van der Waals surface area contributed by atoms with Crippen LogP contribution in [0.1, 0.15) is 26.4 Å². The van der Waals surface area contributed by atoms with E-state index in [0.29, 0.717) is 29.4 Å². The number of ether oxygens (including phenoxy) is 1. The van der Waals surface area contributed by atoms with Crippen molar-refractivity contribution in [3.63, 3.8) is 0 Å². The van der Waals surface area contributed by atoms with E-state index in [0.717, 1.165) is 22.0 Å². The number of tetrazole rings is 1. The summed E-state index contributed by atoms with van der Waals surface area (Å²) in [6.45, 7) is 0.406. The van der Waals surface area contributed by atoms with Gasteiger partial charge in [0.05, 0.1) is 13.7 Å². The number of methoxy groups -OCH3 is 1. The van der Waals surface area contributed by atoms with E-state index in [1.807, 2.05) is 42.5 Å². The molecule has 2 aromatic heterocycles. The number of nitrogens with zero attached hydrogens (tertiary/aromatic N) is 4. The van der Waals surface area contributed by atoms with E-state index in [9.17, 15) is 9.59 Å². The maximum absolute atomic E-state index is 12.5. The van der Waals surface area contributed by atoms with Gasteiger partial charge in [0, 0.05) is 28.1 Å². The van der Waals surface area contributed by atoms with Crippen LogP contribution >= 0.6 is 0 Å². The van der Waals surface area contributed by atoms with E-state index >= 15 is 0 Å². The van der Waals surface area contributed by atoms with Crippen LogP contribution in [0.2, 0.25) is 0 Å². The van der Waals surface area contributed by atoms with Crippen molar-refractivity contribution < 1.29 is 14.3 Å². The predicted molar refractivity (Wildman–Crippen MR) is 129 cm³/mol. The first-order valence-electron chi connectivity index (χ1n) is 10.8. The van der Waals surface area contributed by atoms with Crippen LogP contribution in [0.5, 0.6) is 5.75 Å². The fourth-order valence-corrected chi connectivity index (χ4v) is 3.55. The average Bonchev–Trinajstić information content (AvgIpc) is 3.55. The number of hydrazine groups is 1. The van der Waals surface area contributed by atoms with Crippen molar-refractivity contribution >= 4 is 22.7 Å². The van der Waals surface area contributed by atoms with Crippen LogP contribution in [-0.4, -0.2) is 44.1 Å². The highest BCUT2D eigenvalue weighted by Crippen LogP contribution is 2.21. The van der Waals surface area contributed by atoms with Crippen LogP contribution < -0.4 is 15.6 Å². The number of aromatic nitrogens is 5. The summed E-state index contributed by atoms with van der Waals surface area (Å²) in [5.41, 5.74) is 8.12. The van der Waals surface area contributed by atoms with Gasteiger partial charge in [-0.25, -0.2) is 0 Å². The normalized spacial score (nSPS) is 10.8. The number of hydrogen-bond acceptors (Lipinski definition) is 6. The molecule has 0 aliphatic heterocycles. The zero-order valence-electron chi connectivity index (χ0n) is 18.7. The molecular weight excluding hydrogens is 446 g/mol. The molecule has 174 valence electrons. The minimum atomic E-state index is -0.461. The molecule has 5 rings (SSSR count). The molecule has 0 saturated carbocycles. The molecule has 0 fully saturated rings. The number of fused-ring (bicyclic) bond motifs is 1. The van der Waals surface area contributed by atoms with Crippen LogP contribution in [0, 0.1) is 0 Å². The number of carbonyl (C=O) groups is 2. The number of carbonyl (C=O) groups excluding carboxylic acids is 2. The molecule has 0 saturated heterocycles. The maximum Gasteiger partial charge on any atom is 0.286 e. The minimum absolute atomic E-state index is 0.319. The van der Waals surface area contributed by atoms with Gasteiger partial charge in [-0.1, -0.05) is 42.5 Å². The Labute approximate surface area is 199 Å². The lowest BCUT2D eigenvalue weighted by molar-refractivity contribution is 0.0844. The van der Waals surface area contributed by atoms with E-state index < -0.39 is 11.8 Å². The second-order valence-corrected chi connectivity index (χ2v) is 7.75. The molecule has 0 atom stereocenters. The molecule has 0 bridgehead atoms. The Balaban J connectivity index is 1.18. The van der Waals surface area contributed by atoms with Gasteiger partial charge in [0.1, 0.15) is 11.4 Å². The highest BCUT2D eigenvalue weighted by Gasteiger charge is 2.13. The van der Waals surface area contributed by atoms with Crippen molar-refractivity contribution in [3.8, 4) is 17.1 Å². The Bertz CT molecular complexity index is 1490. The van der Waals surface area contributed by atoms with Crippen molar-refractivity contribution in [1.29, 1.82) is 0 Å². The summed E-state index contributed by atoms with van der Waals surface area (Å²) in [5.74, 6) is 0.329. The van der Waals surface area contributed by atoms with E-state index in [1.54, 1.807) is 43.5 Å². The third-order valence-electron chi connectivity index (χ3n) is 5.39. The molecule has 0 radical (unpaired) electrons. The molecule has 5 aromatic rings. The van der Waals surface area contributed by atoms with E-state index in [4.69, 9.17) is 4.74 Å². The number of aromatic amines is 1. The van der Waals surface area contributed by atoms with Gasteiger partial charge in [0.25, 0.3) is 11.8 Å².